The van der Waals surface area contributed by atoms with E-state index in [-0.39, 0.29) is 18.1 Å². The molecule has 2 saturated heterocycles. The molecule has 2 heterocycles. The average Bonchev–Trinajstić information content (AvgIpc) is 2.60. The van der Waals surface area contributed by atoms with Crippen LogP contribution in [-0.2, 0) is 11.3 Å². The van der Waals surface area contributed by atoms with Crippen molar-refractivity contribution in [3.8, 4) is 5.75 Å². The summed E-state index contributed by atoms with van der Waals surface area (Å²) in [7, 11) is 0. The van der Waals surface area contributed by atoms with Crippen LogP contribution < -0.4 is 4.74 Å². The Morgan fingerprint density at radius 3 is 2.39 bits per heavy atom. The Hall–Kier alpha value is -2.29. The number of amides is 1. The highest BCUT2D eigenvalue weighted by Gasteiger charge is 2.47. The second-order valence-electron chi connectivity index (χ2n) is 6.50. The van der Waals surface area contributed by atoms with Crippen LogP contribution in [0.15, 0.2) is 60.7 Å². The SMILES string of the molecule is O=C1C2CCC(C(Oc3ccccc3)C2)N1Cc1ccccc1. The molecular weight excluding hydrogens is 286 g/mol. The summed E-state index contributed by atoms with van der Waals surface area (Å²) in [5.74, 6) is 1.33. The maximum absolute atomic E-state index is 12.7. The Kier molecular flexibility index (Phi) is 3.78. The molecule has 118 valence electrons. The topological polar surface area (TPSA) is 29.5 Å². The predicted octanol–water partition coefficient (Wildman–Crippen LogP) is 3.65. The van der Waals surface area contributed by atoms with Crippen LogP contribution in [0.4, 0.5) is 0 Å². The maximum Gasteiger partial charge on any atom is 0.226 e. The minimum Gasteiger partial charge on any atom is -0.488 e. The molecule has 3 nitrogen and oxygen atoms in total. The molecule has 3 heteroatoms. The summed E-state index contributed by atoms with van der Waals surface area (Å²) >= 11 is 0. The normalized spacial score (nSPS) is 26.3. The van der Waals surface area contributed by atoms with Gasteiger partial charge in [0.2, 0.25) is 5.91 Å². The van der Waals surface area contributed by atoms with Gasteiger partial charge >= 0.3 is 0 Å². The van der Waals surface area contributed by atoms with Crippen molar-refractivity contribution in [3.05, 3.63) is 66.2 Å². The van der Waals surface area contributed by atoms with Gasteiger partial charge in [0.05, 0.1) is 6.04 Å². The number of benzene rings is 2. The highest BCUT2D eigenvalue weighted by atomic mass is 16.5. The third kappa shape index (κ3) is 2.83. The number of para-hydroxylation sites is 1. The molecule has 1 saturated carbocycles. The van der Waals surface area contributed by atoms with Gasteiger partial charge in [-0.15, -0.1) is 0 Å². The van der Waals surface area contributed by atoms with Gasteiger partial charge in [-0.1, -0.05) is 48.5 Å². The summed E-state index contributed by atoms with van der Waals surface area (Å²) in [6, 6.07) is 20.4. The van der Waals surface area contributed by atoms with Gasteiger partial charge in [0.15, 0.2) is 0 Å². The number of fused-ring (bicyclic) bond motifs is 3. The van der Waals surface area contributed by atoms with Crippen molar-refractivity contribution in [2.24, 2.45) is 5.92 Å². The van der Waals surface area contributed by atoms with E-state index in [1.807, 2.05) is 53.4 Å². The zero-order valence-electron chi connectivity index (χ0n) is 13.1. The monoisotopic (exact) mass is 307 g/mol. The van der Waals surface area contributed by atoms with Gasteiger partial charge in [-0.05, 0) is 37.0 Å². The standard InChI is InChI=1S/C20H21NO2/c22-20-16-11-12-18(21(20)14-15-7-3-1-4-8-15)19(13-16)23-17-9-5-2-6-10-17/h1-10,16,18-19H,11-14H2. The van der Waals surface area contributed by atoms with Crippen LogP contribution in [0.1, 0.15) is 24.8 Å². The summed E-state index contributed by atoms with van der Waals surface area (Å²) in [5, 5.41) is 0. The molecule has 1 aliphatic carbocycles. The van der Waals surface area contributed by atoms with E-state index in [2.05, 4.69) is 12.1 Å². The number of rotatable bonds is 4. The van der Waals surface area contributed by atoms with Crippen LogP contribution in [-0.4, -0.2) is 23.0 Å². The number of nitrogens with zero attached hydrogens (tertiary/aromatic N) is 1. The fourth-order valence-electron chi connectivity index (χ4n) is 3.87. The van der Waals surface area contributed by atoms with Crippen molar-refractivity contribution in [2.75, 3.05) is 0 Å². The maximum atomic E-state index is 12.7. The molecule has 2 aromatic carbocycles. The van der Waals surface area contributed by atoms with Gasteiger partial charge in [-0.25, -0.2) is 0 Å². The minimum absolute atomic E-state index is 0.109. The van der Waals surface area contributed by atoms with Gasteiger partial charge in [-0.3, -0.25) is 4.79 Å². The quantitative estimate of drug-likeness (QED) is 0.863. The summed E-state index contributed by atoms with van der Waals surface area (Å²) in [4.78, 5) is 14.7. The van der Waals surface area contributed by atoms with Crippen molar-refractivity contribution in [3.63, 3.8) is 0 Å². The van der Waals surface area contributed by atoms with E-state index < -0.39 is 0 Å². The molecule has 1 amide bonds. The first-order valence-electron chi connectivity index (χ1n) is 8.37. The molecular formula is C20H21NO2. The molecule has 23 heavy (non-hydrogen) atoms. The van der Waals surface area contributed by atoms with Gasteiger partial charge in [0, 0.05) is 12.5 Å². The summed E-state index contributed by atoms with van der Waals surface area (Å²) in [6.45, 7) is 0.690. The fourth-order valence-corrected chi connectivity index (χ4v) is 3.87. The number of carbonyl (C=O) groups excluding carboxylic acids is 1. The Labute approximate surface area is 136 Å². The van der Waals surface area contributed by atoms with E-state index in [4.69, 9.17) is 4.74 Å². The molecule has 0 aromatic heterocycles. The molecule has 3 unspecified atom stereocenters. The zero-order valence-corrected chi connectivity index (χ0v) is 13.1. The fraction of sp³-hybridized carbons (Fsp3) is 0.350. The highest BCUT2D eigenvalue weighted by molar-refractivity contribution is 5.81. The van der Waals surface area contributed by atoms with Gasteiger partial charge in [-0.2, -0.15) is 0 Å². The van der Waals surface area contributed by atoms with Crippen molar-refractivity contribution in [1.29, 1.82) is 0 Å². The van der Waals surface area contributed by atoms with Gasteiger partial charge < -0.3 is 9.64 Å². The lowest BCUT2D eigenvalue weighted by Crippen LogP contribution is -2.59. The summed E-state index contributed by atoms with van der Waals surface area (Å²) in [5.41, 5.74) is 1.19. The van der Waals surface area contributed by atoms with Crippen LogP contribution in [0.2, 0.25) is 0 Å². The smallest absolute Gasteiger partial charge is 0.226 e. The van der Waals surface area contributed by atoms with Crippen LogP contribution in [0.5, 0.6) is 5.75 Å². The predicted molar refractivity (Wildman–Crippen MR) is 89.0 cm³/mol. The Bertz CT molecular complexity index is 671. The van der Waals surface area contributed by atoms with E-state index >= 15 is 0 Å². The van der Waals surface area contributed by atoms with E-state index in [1.54, 1.807) is 0 Å². The Balaban J connectivity index is 1.54. The number of hydrogen-bond donors (Lipinski definition) is 0. The van der Waals surface area contributed by atoms with Crippen molar-refractivity contribution in [1.82, 2.24) is 4.90 Å². The zero-order chi connectivity index (χ0) is 15.6. The third-order valence-electron chi connectivity index (χ3n) is 5.02. The minimum atomic E-state index is 0.109. The highest BCUT2D eigenvalue weighted by Crippen LogP contribution is 2.38. The Morgan fingerprint density at radius 1 is 0.957 bits per heavy atom. The second-order valence-corrected chi connectivity index (χ2v) is 6.50. The number of ether oxygens (including phenoxy) is 1. The van der Waals surface area contributed by atoms with Gasteiger partial charge in [0.1, 0.15) is 11.9 Å². The lowest BCUT2D eigenvalue weighted by Gasteiger charge is -2.49. The molecule has 5 rings (SSSR count). The van der Waals surface area contributed by atoms with E-state index in [0.717, 1.165) is 25.0 Å². The average molecular weight is 307 g/mol. The summed E-state index contributed by atoms with van der Waals surface area (Å²) < 4.78 is 6.21. The lowest BCUT2D eigenvalue weighted by molar-refractivity contribution is -0.155. The first kappa shape index (κ1) is 14.3. The summed E-state index contributed by atoms with van der Waals surface area (Å²) in [6.07, 6.45) is 3.01. The second kappa shape index (κ2) is 6.07. The molecule has 2 bridgehead atoms. The first-order chi connectivity index (χ1) is 11.3. The molecule has 2 aromatic rings. The van der Waals surface area contributed by atoms with E-state index in [0.29, 0.717) is 12.5 Å². The van der Waals surface area contributed by atoms with E-state index in [9.17, 15) is 4.79 Å². The number of piperidine rings is 2. The molecule has 0 N–H and O–H groups in total. The first-order valence-corrected chi connectivity index (χ1v) is 8.37. The van der Waals surface area contributed by atoms with Crippen LogP contribution in [0.25, 0.3) is 0 Å². The van der Waals surface area contributed by atoms with Gasteiger partial charge in [0.25, 0.3) is 0 Å². The molecule has 3 fully saturated rings. The van der Waals surface area contributed by atoms with Crippen LogP contribution in [0.3, 0.4) is 0 Å². The molecule has 0 radical (unpaired) electrons. The van der Waals surface area contributed by atoms with Crippen molar-refractivity contribution in [2.45, 2.75) is 38.0 Å². The molecule has 0 spiro atoms. The number of hydrogen-bond acceptors (Lipinski definition) is 2. The van der Waals surface area contributed by atoms with Crippen molar-refractivity contribution >= 4 is 5.91 Å². The lowest BCUT2D eigenvalue weighted by atomic mass is 9.77. The third-order valence-corrected chi connectivity index (χ3v) is 5.02. The van der Waals surface area contributed by atoms with Crippen LogP contribution in [0, 0.1) is 5.92 Å². The molecule has 3 atom stereocenters. The molecule has 2 aliphatic heterocycles. The van der Waals surface area contributed by atoms with Crippen LogP contribution >= 0.6 is 0 Å². The largest absolute Gasteiger partial charge is 0.488 e. The van der Waals surface area contributed by atoms with Crippen molar-refractivity contribution < 1.29 is 9.53 Å². The number of carbonyl (C=O) groups is 1. The van der Waals surface area contributed by atoms with E-state index in [1.165, 1.54) is 5.56 Å². The molecule has 3 aliphatic rings. The Morgan fingerprint density at radius 2 is 1.65 bits per heavy atom.